The Morgan fingerprint density at radius 1 is 1.25 bits per heavy atom. The molecule has 0 amide bonds. The summed E-state index contributed by atoms with van der Waals surface area (Å²) >= 11 is 0. The van der Waals surface area contributed by atoms with Crippen molar-refractivity contribution >= 4 is 5.90 Å². The molecule has 0 saturated carbocycles. The van der Waals surface area contributed by atoms with Gasteiger partial charge in [0.25, 0.3) is 0 Å². The van der Waals surface area contributed by atoms with Crippen LogP contribution in [0.2, 0.25) is 0 Å². The molecule has 0 fully saturated rings. The third-order valence-corrected chi connectivity index (χ3v) is 2.91. The van der Waals surface area contributed by atoms with Crippen molar-refractivity contribution in [1.82, 2.24) is 0 Å². The van der Waals surface area contributed by atoms with E-state index in [0.29, 0.717) is 6.61 Å². The number of hydrogen-bond donors (Lipinski definition) is 0. The molecule has 2 aliphatic heterocycles. The highest BCUT2D eigenvalue weighted by molar-refractivity contribution is 5.96. The summed E-state index contributed by atoms with van der Waals surface area (Å²) in [5.41, 5.74) is 2.20. The van der Waals surface area contributed by atoms with Crippen molar-refractivity contribution in [1.29, 1.82) is 0 Å². The zero-order valence-corrected chi connectivity index (χ0v) is 9.62. The Morgan fingerprint density at radius 3 is 2.88 bits per heavy atom. The molecule has 0 bridgehead atoms. The number of hydrogen-bond acceptors (Lipinski definition) is 3. The van der Waals surface area contributed by atoms with Crippen LogP contribution in [0.25, 0.3) is 0 Å². The van der Waals surface area contributed by atoms with Gasteiger partial charge in [-0.05, 0) is 31.5 Å². The minimum atomic E-state index is -0.102. The van der Waals surface area contributed by atoms with E-state index in [9.17, 15) is 0 Å². The number of fused-ring (bicyclic) bond motifs is 1. The van der Waals surface area contributed by atoms with Crippen LogP contribution >= 0.6 is 0 Å². The second-order valence-corrected chi connectivity index (χ2v) is 4.94. The largest absolute Gasteiger partial charge is 0.493 e. The van der Waals surface area contributed by atoms with Crippen molar-refractivity contribution in [3.63, 3.8) is 0 Å². The van der Waals surface area contributed by atoms with E-state index in [0.717, 1.165) is 30.2 Å². The highest BCUT2D eigenvalue weighted by atomic mass is 16.5. The van der Waals surface area contributed by atoms with Crippen LogP contribution in [0.3, 0.4) is 0 Å². The molecule has 0 unspecified atom stereocenters. The molecule has 2 aliphatic rings. The monoisotopic (exact) mass is 217 g/mol. The number of aliphatic imine (C=N–C) groups is 1. The van der Waals surface area contributed by atoms with Gasteiger partial charge in [-0.2, -0.15) is 0 Å². The lowest BCUT2D eigenvalue weighted by atomic mass is 10.1. The highest BCUT2D eigenvalue weighted by Crippen LogP contribution is 2.28. The predicted octanol–water partition coefficient (Wildman–Crippen LogP) is 2.18. The van der Waals surface area contributed by atoms with Crippen LogP contribution < -0.4 is 4.74 Å². The number of benzene rings is 1. The molecule has 3 heteroatoms. The molecule has 16 heavy (non-hydrogen) atoms. The average Bonchev–Trinajstić information content (AvgIpc) is 2.82. The van der Waals surface area contributed by atoms with Crippen molar-refractivity contribution < 1.29 is 9.47 Å². The third-order valence-electron chi connectivity index (χ3n) is 2.91. The van der Waals surface area contributed by atoms with Crippen molar-refractivity contribution in [3.8, 4) is 5.75 Å². The van der Waals surface area contributed by atoms with Gasteiger partial charge < -0.3 is 9.47 Å². The number of ether oxygens (including phenoxy) is 2. The number of nitrogens with zero attached hydrogens (tertiary/aromatic N) is 1. The summed E-state index contributed by atoms with van der Waals surface area (Å²) in [6.07, 6.45) is 1.01. The summed E-state index contributed by atoms with van der Waals surface area (Å²) in [6.45, 7) is 5.59. The fraction of sp³-hybridized carbons (Fsp3) is 0.462. The summed E-state index contributed by atoms with van der Waals surface area (Å²) in [6, 6.07) is 6.20. The smallest absolute Gasteiger partial charge is 0.216 e. The van der Waals surface area contributed by atoms with E-state index in [4.69, 9.17) is 9.47 Å². The van der Waals surface area contributed by atoms with E-state index in [1.165, 1.54) is 5.56 Å². The zero-order valence-electron chi connectivity index (χ0n) is 9.62. The van der Waals surface area contributed by atoms with Gasteiger partial charge in [0.05, 0.1) is 12.1 Å². The summed E-state index contributed by atoms with van der Waals surface area (Å²) in [7, 11) is 0. The van der Waals surface area contributed by atoms with E-state index in [-0.39, 0.29) is 5.54 Å². The molecule has 3 nitrogen and oxygen atoms in total. The van der Waals surface area contributed by atoms with E-state index < -0.39 is 0 Å². The molecule has 0 aromatic heterocycles. The summed E-state index contributed by atoms with van der Waals surface area (Å²) < 4.78 is 11.1. The van der Waals surface area contributed by atoms with Crippen LogP contribution in [-0.2, 0) is 11.2 Å². The van der Waals surface area contributed by atoms with Crippen LogP contribution in [-0.4, -0.2) is 24.7 Å². The van der Waals surface area contributed by atoms with Crippen LogP contribution in [0.15, 0.2) is 23.2 Å². The van der Waals surface area contributed by atoms with Gasteiger partial charge in [-0.1, -0.05) is 6.07 Å². The molecule has 0 saturated heterocycles. The Balaban J connectivity index is 1.96. The molecule has 0 atom stereocenters. The van der Waals surface area contributed by atoms with Crippen LogP contribution in [0.4, 0.5) is 0 Å². The molecule has 1 aromatic rings. The standard InChI is InChI=1S/C13H15NO2/c1-13(2)8-16-12(14-13)10-4-3-9-5-6-15-11(9)7-10/h3-4,7H,5-6,8H2,1-2H3. The quantitative estimate of drug-likeness (QED) is 0.721. The molecule has 3 rings (SSSR count). The Hall–Kier alpha value is -1.51. The first-order chi connectivity index (χ1) is 7.64. The van der Waals surface area contributed by atoms with Crippen molar-refractivity contribution in [2.24, 2.45) is 4.99 Å². The maximum absolute atomic E-state index is 5.61. The van der Waals surface area contributed by atoms with Crippen LogP contribution in [0.1, 0.15) is 25.0 Å². The Morgan fingerprint density at radius 2 is 2.12 bits per heavy atom. The molecular formula is C13H15NO2. The van der Waals surface area contributed by atoms with Crippen molar-refractivity contribution in [2.75, 3.05) is 13.2 Å². The topological polar surface area (TPSA) is 30.8 Å². The van der Waals surface area contributed by atoms with Crippen LogP contribution in [0, 0.1) is 0 Å². The van der Waals surface area contributed by atoms with Gasteiger partial charge in [0.1, 0.15) is 12.4 Å². The molecule has 0 spiro atoms. The van der Waals surface area contributed by atoms with Gasteiger partial charge in [-0.3, -0.25) is 0 Å². The first-order valence-corrected chi connectivity index (χ1v) is 5.63. The van der Waals surface area contributed by atoms with Crippen molar-refractivity contribution in [3.05, 3.63) is 29.3 Å². The molecule has 2 heterocycles. The number of rotatable bonds is 1. The molecule has 84 valence electrons. The first kappa shape index (κ1) is 9.70. The summed E-state index contributed by atoms with van der Waals surface area (Å²) in [5, 5.41) is 0. The Kier molecular flexibility index (Phi) is 1.96. The summed E-state index contributed by atoms with van der Waals surface area (Å²) in [5.74, 6) is 1.72. The first-order valence-electron chi connectivity index (χ1n) is 5.63. The van der Waals surface area contributed by atoms with Crippen molar-refractivity contribution in [2.45, 2.75) is 25.8 Å². The minimum absolute atomic E-state index is 0.102. The van der Waals surface area contributed by atoms with Crippen LogP contribution in [0.5, 0.6) is 5.75 Å². The lowest BCUT2D eigenvalue weighted by Crippen LogP contribution is -2.17. The minimum Gasteiger partial charge on any atom is -0.493 e. The molecule has 0 aliphatic carbocycles. The van der Waals surface area contributed by atoms with E-state index in [1.807, 2.05) is 6.07 Å². The average molecular weight is 217 g/mol. The Bertz CT molecular complexity index is 463. The second kappa shape index (κ2) is 3.24. The molecular weight excluding hydrogens is 202 g/mol. The molecule has 0 radical (unpaired) electrons. The zero-order chi connectivity index (χ0) is 11.2. The van der Waals surface area contributed by atoms with E-state index in [2.05, 4.69) is 31.0 Å². The fourth-order valence-electron chi connectivity index (χ4n) is 2.03. The predicted molar refractivity (Wildman–Crippen MR) is 62.2 cm³/mol. The maximum atomic E-state index is 5.61. The lowest BCUT2D eigenvalue weighted by molar-refractivity contribution is 0.279. The molecule has 1 aromatic carbocycles. The third kappa shape index (κ3) is 1.56. The van der Waals surface area contributed by atoms with E-state index in [1.54, 1.807) is 0 Å². The highest BCUT2D eigenvalue weighted by Gasteiger charge is 2.27. The van der Waals surface area contributed by atoms with Gasteiger partial charge in [0, 0.05) is 12.0 Å². The van der Waals surface area contributed by atoms with Gasteiger partial charge in [0.15, 0.2) is 0 Å². The normalized spacial score (nSPS) is 21.0. The van der Waals surface area contributed by atoms with Gasteiger partial charge in [0.2, 0.25) is 5.90 Å². The second-order valence-electron chi connectivity index (χ2n) is 4.94. The Labute approximate surface area is 95.1 Å². The maximum Gasteiger partial charge on any atom is 0.216 e. The fourth-order valence-corrected chi connectivity index (χ4v) is 2.03. The van der Waals surface area contributed by atoms with E-state index >= 15 is 0 Å². The lowest BCUT2D eigenvalue weighted by Gasteiger charge is -2.07. The van der Waals surface area contributed by atoms with Gasteiger partial charge in [-0.15, -0.1) is 0 Å². The molecule has 0 N–H and O–H groups in total. The SMILES string of the molecule is CC1(C)COC(c2ccc3c(c2)OCC3)=N1. The van der Waals surface area contributed by atoms with Gasteiger partial charge >= 0.3 is 0 Å². The van der Waals surface area contributed by atoms with Gasteiger partial charge in [-0.25, -0.2) is 4.99 Å². The summed E-state index contributed by atoms with van der Waals surface area (Å²) in [4.78, 5) is 4.56.